The smallest absolute Gasteiger partial charge is 0.0992 e. The van der Waals surface area contributed by atoms with Crippen molar-refractivity contribution in [1.82, 2.24) is 4.98 Å². The van der Waals surface area contributed by atoms with E-state index in [4.69, 9.17) is 5.26 Å². The zero-order valence-corrected chi connectivity index (χ0v) is 6.20. The van der Waals surface area contributed by atoms with E-state index >= 15 is 0 Å². The lowest BCUT2D eigenvalue weighted by Gasteiger charge is -1.79. The van der Waals surface area contributed by atoms with Crippen LogP contribution in [0.2, 0.25) is 0 Å². The second kappa shape index (κ2) is 5.77. The standard InChI is InChI=1S/C6H4N2.C2H6/c7-5-6-1-3-8-4-2-6;1-2/h1-4H;1-2H3. The maximum absolute atomic E-state index is 8.26. The molecule has 1 aromatic heterocycles. The highest BCUT2D eigenvalue weighted by Crippen LogP contribution is 1.89. The Balaban J connectivity index is 0.000000371. The van der Waals surface area contributed by atoms with Crippen LogP contribution in [0.25, 0.3) is 0 Å². The van der Waals surface area contributed by atoms with E-state index < -0.39 is 0 Å². The van der Waals surface area contributed by atoms with Gasteiger partial charge in [-0.1, -0.05) is 13.8 Å². The topological polar surface area (TPSA) is 36.7 Å². The zero-order chi connectivity index (χ0) is 7.82. The van der Waals surface area contributed by atoms with Gasteiger partial charge in [-0.2, -0.15) is 5.26 Å². The Hall–Kier alpha value is -1.36. The average Bonchev–Trinajstić information content (AvgIpc) is 2.10. The summed E-state index contributed by atoms with van der Waals surface area (Å²) in [7, 11) is 0. The molecule has 52 valence electrons. The fourth-order valence-electron chi connectivity index (χ4n) is 0.426. The van der Waals surface area contributed by atoms with Gasteiger partial charge in [-0.05, 0) is 12.1 Å². The SMILES string of the molecule is CC.N#Cc1ccncc1. The summed E-state index contributed by atoms with van der Waals surface area (Å²) < 4.78 is 0. The molecule has 0 unspecified atom stereocenters. The van der Waals surface area contributed by atoms with Crippen molar-refractivity contribution < 1.29 is 0 Å². The van der Waals surface area contributed by atoms with Crippen molar-refractivity contribution >= 4 is 0 Å². The van der Waals surface area contributed by atoms with E-state index in [1.807, 2.05) is 19.9 Å². The van der Waals surface area contributed by atoms with Gasteiger partial charge in [0.2, 0.25) is 0 Å². The summed E-state index contributed by atoms with van der Waals surface area (Å²) in [6, 6.07) is 5.32. The van der Waals surface area contributed by atoms with Gasteiger partial charge in [0, 0.05) is 12.4 Å². The lowest BCUT2D eigenvalue weighted by atomic mass is 10.3. The predicted molar refractivity (Wildman–Crippen MR) is 40.3 cm³/mol. The molecule has 0 aromatic carbocycles. The third-order valence-electron chi connectivity index (χ3n) is 0.809. The van der Waals surface area contributed by atoms with Gasteiger partial charge in [0.25, 0.3) is 0 Å². The molecule has 1 heterocycles. The fraction of sp³-hybridized carbons (Fsp3) is 0.250. The second-order valence-corrected chi connectivity index (χ2v) is 1.35. The van der Waals surface area contributed by atoms with Crippen molar-refractivity contribution in [2.45, 2.75) is 13.8 Å². The first kappa shape index (κ1) is 8.64. The van der Waals surface area contributed by atoms with Crippen LogP contribution in [-0.4, -0.2) is 4.98 Å². The van der Waals surface area contributed by atoms with E-state index in [9.17, 15) is 0 Å². The summed E-state index contributed by atoms with van der Waals surface area (Å²) in [6.45, 7) is 4.00. The number of hydrogen-bond donors (Lipinski definition) is 0. The van der Waals surface area contributed by atoms with Crippen LogP contribution in [0.15, 0.2) is 24.5 Å². The highest BCUT2D eigenvalue weighted by molar-refractivity contribution is 5.24. The van der Waals surface area contributed by atoms with Gasteiger partial charge in [0.05, 0.1) is 11.6 Å². The summed E-state index contributed by atoms with van der Waals surface area (Å²) in [6.07, 6.45) is 3.19. The maximum atomic E-state index is 8.26. The van der Waals surface area contributed by atoms with Gasteiger partial charge in [0.1, 0.15) is 0 Å². The molecule has 0 aliphatic heterocycles. The number of pyridine rings is 1. The minimum absolute atomic E-state index is 0.653. The molecule has 0 amide bonds. The van der Waals surface area contributed by atoms with E-state index in [0.29, 0.717) is 5.56 Å². The van der Waals surface area contributed by atoms with Crippen LogP contribution in [0.1, 0.15) is 19.4 Å². The highest BCUT2D eigenvalue weighted by atomic mass is 14.6. The van der Waals surface area contributed by atoms with Crippen LogP contribution in [0.4, 0.5) is 0 Å². The van der Waals surface area contributed by atoms with Crippen molar-refractivity contribution in [3.63, 3.8) is 0 Å². The van der Waals surface area contributed by atoms with E-state index in [1.165, 1.54) is 0 Å². The highest BCUT2D eigenvalue weighted by Gasteiger charge is 1.80. The molecule has 1 rings (SSSR count). The van der Waals surface area contributed by atoms with Gasteiger partial charge in [-0.3, -0.25) is 4.98 Å². The summed E-state index contributed by atoms with van der Waals surface area (Å²) in [5.74, 6) is 0. The lowest BCUT2D eigenvalue weighted by Crippen LogP contribution is -1.71. The fourth-order valence-corrected chi connectivity index (χ4v) is 0.426. The Morgan fingerprint density at radius 3 is 2.10 bits per heavy atom. The predicted octanol–water partition coefficient (Wildman–Crippen LogP) is 1.98. The molecule has 2 nitrogen and oxygen atoms in total. The Kier molecular flexibility index (Phi) is 4.99. The molecule has 0 bridgehead atoms. The number of nitrogens with zero attached hydrogens (tertiary/aromatic N) is 2. The van der Waals surface area contributed by atoms with Crippen LogP contribution in [0.3, 0.4) is 0 Å². The number of rotatable bonds is 0. The normalized spacial score (nSPS) is 6.90. The van der Waals surface area contributed by atoms with Crippen LogP contribution >= 0.6 is 0 Å². The van der Waals surface area contributed by atoms with Crippen molar-refractivity contribution in [2.75, 3.05) is 0 Å². The minimum Gasteiger partial charge on any atom is -0.265 e. The number of nitriles is 1. The molecule has 0 saturated heterocycles. The van der Waals surface area contributed by atoms with Gasteiger partial charge in [-0.25, -0.2) is 0 Å². The van der Waals surface area contributed by atoms with Crippen molar-refractivity contribution in [2.24, 2.45) is 0 Å². The molecule has 2 heteroatoms. The third-order valence-corrected chi connectivity index (χ3v) is 0.809. The molecule has 10 heavy (non-hydrogen) atoms. The van der Waals surface area contributed by atoms with E-state index in [0.717, 1.165) is 0 Å². The Labute approximate surface area is 61.1 Å². The van der Waals surface area contributed by atoms with Crippen molar-refractivity contribution in [3.8, 4) is 6.07 Å². The van der Waals surface area contributed by atoms with Crippen LogP contribution in [0, 0.1) is 11.3 Å². The molecule has 0 fully saturated rings. The summed E-state index contributed by atoms with van der Waals surface area (Å²) in [5.41, 5.74) is 0.653. The van der Waals surface area contributed by atoms with Gasteiger partial charge in [-0.15, -0.1) is 0 Å². The summed E-state index contributed by atoms with van der Waals surface area (Å²) in [4.78, 5) is 3.74. The minimum atomic E-state index is 0.653. The first-order chi connectivity index (χ1) is 4.93. The largest absolute Gasteiger partial charge is 0.265 e. The molecule has 1 aromatic rings. The van der Waals surface area contributed by atoms with Crippen LogP contribution in [0.5, 0.6) is 0 Å². The van der Waals surface area contributed by atoms with Gasteiger partial charge in [0.15, 0.2) is 0 Å². The van der Waals surface area contributed by atoms with Crippen molar-refractivity contribution in [1.29, 1.82) is 5.26 Å². The van der Waals surface area contributed by atoms with Crippen LogP contribution < -0.4 is 0 Å². The molecule has 0 saturated carbocycles. The molecular formula is C8H10N2. The van der Waals surface area contributed by atoms with Crippen molar-refractivity contribution in [3.05, 3.63) is 30.1 Å². The Morgan fingerprint density at radius 2 is 1.80 bits per heavy atom. The molecule has 0 aliphatic rings. The molecular weight excluding hydrogens is 124 g/mol. The lowest BCUT2D eigenvalue weighted by molar-refractivity contribution is 1.31. The van der Waals surface area contributed by atoms with Gasteiger partial charge < -0.3 is 0 Å². The third kappa shape index (κ3) is 2.83. The molecule has 0 N–H and O–H groups in total. The first-order valence-corrected chi connectivity index (χ1v) is 3.23. The van der Waals surface area contributed by atoms with Crippen LogP contribution in [-0.2, 0) is 0 Å². The average molecular weight is 134 g/mol. The molecule has 0 radical (unpaired) electrons. The Bertz CT molecular complexity index is 198. The molecule has 0 atom stereocenters. The summed E-state index contributed by atoms with van der Waals surface area (Å²) >= 11 is 0. The monoisotopic (exact) mass is 134 g/mol. The Morgan fingerprint density at radius 1 is 1.30 bits per heavy atom. The quantitative estimate of drug-likeness (QED) is 0.544. The maximum Gasteiger partial charge on any atom is 0.0992 e. The zero-order valence-electron chi connectivity index (χ0n) is 6.20. The van der Waals surface area contributed by atoms with E-state index in [2.05, 4.69) is 4.98 Å². The number of aromatic nitrogens is 1. The molecule has 0 aliphatic carbocycles. The molecule has 0 spiro atoms. The number of hydrogen-bond acceptors (Lipinski definition) is 2. The summed E-state index contributed by atoms with van der Waals surface area (Å²) in [5, 5.41) is 8.26. The van der Waals surface area contributed by atoms with E-state index in [-0.39, 0.29) is 0 Å². The first-order valence-electron chi connectivity index (χ1n) is 3.23. The van der Waals surface area contributed by atoms with Gasteiger partial charge >= 0.3 is 0 Å². The second-order valence-electron chi connectivity index (χ2n) is 1.35. The van der Waals surface area contributed by atoms with E-state index in [1.54, 1.807) is 24.5 Å².